The molecule has 1 saturated carbocycles. The van der Waals surface area contributed by atoms with Crippen LogP contribution in [0.1, 0.15) is 57.4 Å². The highest BCUT2D eigenvalue weighted by Crippen LogP contribution is 2.31. The minimum atomic E-state index is 0.276. The summed E-state index contributed by atoms with van der Waals surface area (Å²) in [5, 5.41) is 0. The topological polar surface area (TPSA) is 18.5 Å². The fourth-order valence-corrected chi connectivity index (χ4v) is 3.61. The summed E-state index contributed by atoms with van der Waals surface area (Å²) in [5.74, 6) is 0.602. The second-order valence-electron chi connectivity index (χ2n) is 6.99. The molecule has 2 rings (SSSR count). The van der Waals surface area contributed by atoms with E-state index in [2.05, 4.69) is 43.8 Å². The molecule has 2 heteroatoms. The van der Waals surface area contributed by atoms with Gasteiger partial charge in [-0.15, -0.1) is 6.58 Å². The van der Waals surface area contributed by atoms with Crippen LogP contribution in [0.4, 0.5) is 0 Å². The summed E-state index contributed by atoms with van der Waals surface area (Å²) in [5.41, 5.74) is 2.47. The first kappa shape index (κ1) is 18.2. The van der Waals surface area contributed by atoms with Gasteiger partial charge in [-0.25, -0.2) is 0 Å². The Morgan fingerprint density at radius 1 is 1.17 bits per heavy atom. The number of methoxy groups -OCH3 is 1. The van der Waals surface area contributed by atoms with Gasteiger partial charge < -0.3 is 9.47 Å². The molecule has 0 aliphatic heterocycles. The van der Waals surface area contributed by atoms with Crippen molar-refractivity contribution in [2.75, 3.05) is 7.11 Å². The number of benzene rings is 1. The van der Waals surface area contributed by atoms with Gasteiger partial charge in [0.15, 0.2) is 0 Å². The molecular formula is C21H32O2. The van der Waals surface area contributed by atoms with Crippen molar-refractivity contribution in [3.63, 3.8) is 0 Å². The van der Waals surface area contributed by atoms with Gasteiger partial charge in [0.25, 0.3) is 0 Å². The largest absolute Gasteiger partial charge is 0.381 e. The van der Waals surface area contributed by atoms with E-state index in [1.807, 2.05) is 7.11 Å². The van der Waals surface area contributed by atoms with E-state index in [4.69, 9.17) is 9.47 Å². The van der Waals surface area contributed by atoms with Crippen molar-refractivity contribution >= 4 is 0 Å². The number of hydrogen-bond acceptors (Lipinski definition) is 2. The third-order valence-corrected chi connectivity index (χ3v) is 4.87. The smallest absolute Gasteiger partial charge is 0.0720 e. The van der Waals surface area contributed by atoms with E-state index < -0.39 is 0 Å². The van der Waals surface area contributed by atoms with Crippen LogP contribution in [-0.2, 0) is 16.1 Å². The normalized spacial score (nSPS) is 23.2. The predicted octanol–water partition coefficient (Wildman–Crippen LogP) is 5.52. The molecule has 0 aromatic heterocycles. The molecule has 3 atom stereocenters. The quantitative estimate of drug-likeness (QED) is 0.464. The Morgan fingerprint density at radius 2 is 1.91 bits per heavy atom. The van der Waals surface area contributed by atoms with E-state index in [-0.39, 0.29) is 6.10 Å². The molecule has 128 valence electrons. The molecule has 1 aliphatic carbocycles. The van der Waals surface area contributed by atoms with Gasteiger partial charge in [-0.1, -0.05) is 55.2 Å². The lowest BCUT2D eigenvalue weighted by Gasteiger charge is -2.29. The van der Waals surface area contributed by atoms with Crippen molar-refractivity contribution in [2.24, 2.45) is 5.92 Å². The average molecular weight is 316 g/mol. The van der Waals surface area contributed by atoms with Crippen LogP contribution >= 0.6 is 0 Å². The second-order valence-corrected chi connectivity index (χ2v) is 6.99. The van der Waals surface area contributed by atoms with E-state index in [9.17, 15) is 0 Å². The standard InChI is InChI=1S/C21H32O2/c1-17(2)14-20(22-3)15-19-12-8-5-9-13-21(19)23-16-18-10-6-4-7-11-18/h4,6-7,10-11,19-21H,1,5,8-9,12-16H2,2-3H3/t19-,20-,21+/m1/s1. The van der Waals surface area contributed by atoms with Crippen LogP contribution in [0.2, 0.25) is 0 Å². The lowest BCUT2D eigenvalue weighted by molar-refractivity contribution is -0.0244. The van der Waals surface area contributed by atoms with Gasteiger partial charge in [0.1, 0.15) is 0 Å². The zero-order valence-corrected chi connectivity index (χ0v) is 14.8. The number of ether oxygens (including phenoxy) is 2. The van der Waals surface area contributed by atoms with Gasteiger partial charge in [0.2, 0.25) is 0 Å². The molecule has 2 nitrogen and oxygen atoms in total. The van der Waals surface area contributed by atoms with Crippen molar-refractivity contribution in [3.05, 3.63) is 48.0 Å². The van der Waals surface area contributed by atoms with Crippen molar-refractivity contribution in [1.29, 1.82) is 0 Å². The highest BCUT2D eigenvalue weighted by Gasteiger charge is 2.27. The molecule has 0 heterocycles. The van der Waals surface area contributed by atoms with Gasteiger partial charge in [0, 0.05) is 7.11 Å². The Balaban J connectivity index is 1.94. The van der Waals surface area contributed by atoms with Gasteiger partial charge in [-0.2, -0.15) is 0 Å². The molecule has 0 bridgehead atoms. The molecule has 0 unspecified atom stereocenters. The lowest BCUT2D eigenvalue weighted by atomic mass is 9.89. The fraction of sp³-hybridized carbons (Fsp3) is 0.619. The summed E-state index contributed by atoms with van der Waals surface area (Å²) in [4.78, 5) is 0. The highest BCUT2D eigenvalue weighted by molar-refractivity contribution is 5.13. The zero-order valence-electron chi connectivity index (χ0n) is 14.8. The molecule has 1 fully saturated rings. The van der Waals surface area contributed by atoms with Gasteiger partial charge in [-0.3, -0.25) is 0 Å². The fourth-order valence-electron chi connectivity index (χ4n) is 3.61. The van der Waals surface area contributed by atoms with Crippen LogP contribution in [0.15, 0.2) is 42.5 Å². The molecule has 0 N–H and O–H groups in total. The Morgan fingerprint density at radius 3 is 2.61 bits per heavy atom. The Hall–Kier alpha value is -1.12. The van der Waals surface area contributed by atoms with Crippen LogP contribution in [0.25, 0.3) is 0 Å². The monoisotopic (exact) mass is 316 g/mol. The van der Waals surface area contributed by atoms with Crippen LogP contribution in [0.3, 0.4) is 0 Å². The van der Waals surface area contributed by atoms with E-state index in [1.165, 1.54) is 43.2 Å². The molecule has 1 aromatic carbocycles. The minimum absolute atomic E-state index is 0.276. The lowest BCUT2D eigenvalue weighted by Crippen LogP contribution is -2.28. The minimum Gasteiger partial charge on any atom is -0.381 e. The molecule has 1 aromatic rings. The van der Waals surface area contributed by atoms with E-state index in [0.717, 1.165) is 19.4 Å². The van der Waals surface area contributed by atoms with Gasteiger partial charge in [0.05, 0.1) is 18.8 Å². The van der Waals surface area contributed by atoms with Crippen LogP contribution in [0, 0.1) is 5.92 Å². The molecule has 0 saturated heterocycles. The van der Waals surface area contributed by atoms with Crippen molar-refractivity contribution in [3.8, 4) is 0 Å². The third-order valence-electron chi connectivity index (χ3n) is 4.87. The Labute approximate surface area is 141 Å². The summed E-state index contributed by atoms with van der Waals surface area (Å²) in [6, 6.07) is 10.5. The summed E-state index contributed by atoms with van der Waals surface area (Å²) in [7, 11) is 1.82. The Bertz CT molecular complexity index is 454. The van der Waals surface area contributed by atoms with Gasteiger partial charge >= 0.3 is 0 Å². The number of rotatable bonds is 8. The molecule has 0 radical (unpaired) electrons. The van der Waals surface area contributed by atoms with Crippen LogP contribution in [-0.4, -0.2) is 19.3 Å². The van der Waals surface area contributed by atoms with E-state index >= 15 is 0 Å². The third kappa shape index (κ3) is 6.48. The molecule has 23 heavy (non-hydrogen) atoms. The van der Waals surface area contributed by atoms with E-state index in [1.54, 1.807) is 0 Å². The molecular weight excluding hydrogens is 284 g/mol. The Kier molecular flexibility index (Phi) is 7.84. The SMILES string of the molecule is C=C(C)C[C@H](C[C@H]1CCCCC[C@@H]1OCc1ccccc1)OC. The maximum Gasteiger partial charge on any atom is 0.0720 e. The summed E-state index contributed by atoms with van der Waals surface area (Å²) in [6.07, 6.45) is 9.06. The van der Waals surface area contributed by atoms with Crippen LogP contribution < -0.4 is 0 Å². The summed E-state index contributed by atoms with van der Waals surface area (Å²) < 4.78 is 12.0. The van der Waals surface area contributed by atoms with Crippen LogP contribution in [0.5, 0.6) is 0 Å². The predicted molar refractivity (Wildman–Crippen MR) is 96.4 cm³/mol. The number of hydrogen-bond donors (Lipinski definition) is 0. The maximum atomic E-state index is 6.33. The zero-order chi connectivity index (χ0) is 16.5. The first-order chi connectivity index (χ1) is 11.2. The van der Waals surface area contributed by atoms with Crippen molar-refractivity contribution in [2.45, 2.75) is 70.7 Å². The maximum absolute atomic E-state index is 6.33. The van der Waals surface area contributed by atoms with Gasteiger partial charge in [-0.05, 0) is 44.1 Å². The summed E-state index contributed by atoms with van der Waals surface area (Å²) in [6.45, 7) is 6.85. The first-order valence-corrected chi connectivity index (χ1v) is 9.01. The van der Waals surface area contributed by atoms with E-state index in [0.29, 0.717) is 12.0 Å². The molecule has 0 amide bonds. The molecule has 0 spiro atoms. The molecule has 1 aliphatic rings. The summed E-state index contributed by atoms with van der Waals surface area (Å²) >= 11 is 0. The first-order valence-electron chi connectivity index (χ1n) is 9.01. The second kappa shape index (κ2) is 9.89. The van der Waals surface area contributed by atoms with Crippen molar-refractivity contribution < 1.29 is 9.47 Å². The van der Waals surface area contributed by atoms with Crippen molar-refractivity contribution in [1.82, 2.24) is 0 Å². The average Bonchev–Trinajstić information content (AvgIpc) is 2.78. The highest BCUT2D eigenvalue weighted by atomic mass is 16.5.